The molecule has 3 nitrogen and oxygen atoms in total. The van der Waals surface area contributed by atoms with Crippen molar-refractivity contribution in [2.45, 2.75) is 26.8 Å². The van der Waals surface area contributed by atoms with Crippen LogP contribution in [0.15, 0.2) is 12.3 Å². The van der Waals surface area contributed by atoms with E-state index in [1.807, 2.05) is 0 Å². The van der Waals surface area contributed by atoms with Crippen molar-refractivity contribution in [3.8, 4) is 11.3 Å². The van der Waals surface area contributed by atoms with Gasteiger partial charge in [0.2, 0.25) is 0 Å². The Bertz CT molecular complexity index is 589. The Balaban J connectivity index is 2.34. The number of thiophene rings is 1. The van der Waals surface area contributed by atoms with Gasteiger partial charge >= 0.3 is 0 Å². The Hall–Kier alpha value is -0.840. The highest BCUT2D eigenvalue weighted by molar-refractivity contribution is 7.20. The van der Waals surface area contributed by atoms with Crippen LogP contribution in [-0.4, -0.2) is 16.1 Å². The smallest absolute Gasteiger partial charge is 0.153 e. The molecular weight excluding hydrogens is 303 g/mol. The van der Waals surface area contributed by atoms with Crippen LogP contribution in [0.4, 0.5) is 0 Å². The van der Waals surface area contributed by atoms with E-state index in [1.54, 1.807) is 16.9 Å². The standard InChI is InChI=1S/C13H14Cl2N2OS/c1-8(2)3-4-17-6-9(7-18)12(16-17)10-5-11(14)19-13(10)15/h5-8H,3-4H2,1-2H3. The maximum atomic E-state index is 11.1. The monoisotopic (exact) mass is 316 g/mol. The van der Waals surface area contributed by atoms with Crippen molar-refractivity contribution in [1.82, 2.24) is 9.78 Å². The predicted octanol–water partition coefficient (Wildman–Crippen LogP) is 4.78. The lowest BCUT2D eigenvalue weighted by Gasteiger charge is -2.03. The first-order valence-electron chi connectivity index (χ1n) is 5.99. The van der Waals surface area contributed by atoms with Crippen molar-refractivity contribution < 1.29 is 4.79 Å². The summed E-state index contributed by atoms with van der Waals surface area (Å²) in [6, 6.07) is 1.75. The van der Waals surface area contributed by atoms with Crippen LogP contribution in [0.1, 0.15) is 30.6 Å². The van der Waals surface area contributed by atoms with Crippen molar-refractivity contribution in [3.05, 3.63) is 26.5 Å². The van der Waals surface area contributed by atoms with Gasteiger partial charge in [0.15, 0.2) is 6.29 Å². The molecule has 0 spiro atoms. The van der Waals surface area contributed by atoms with Gasteiger partial charge in [-0.25, -0.2) is 0 Å². The number of aryl methyl sites for hydroxylation is 1. The molecule has 0 aromatic carbocycles. The lowest BCUT2D eigenvalue weighted by Crippen LogP contribution is -2.01. The summed E-state index contributed by atoms with van der Waals surface area (Å²) < 4.78 is 2.94. The maximum Gasteiger partial charge on any atom is 0.153 e. The maximum absolute atomic E-state index is 11.1. The fourth-order valence-corrected chi connectivity index (χ4v) is 3.21. The summed E-state index contributed by atoms with van der Waals surface area (Å²) in [6.07, 6.45) is 3.57. The Morgan fingerprint density at radius 1 is 1.47 bits per heavy atom. The molecule has 2 rings (SSSR count). The highest BCUT2D eigenvalue weighted by Crippen LogP contribution is 2.38. The Kier molecular flexibility index (Phi) is 4.66. The van der Waals surface area contributed by atoms with E-state index in [4.69, 9.17) is 23.2 Å². The van der Waals surface area contributed by atoms with E-state index < -0.39 is 0 Å². The van der Waals surface area contributed by atoms with Gasteiger partial charge in [0.25, 0.3) is 0 Å². The van der Waals surface area contributed by atoms with Gasteiger partial charge in [-0.3, -0.25) is 9.48 Å². The van der Waals surface area contributed by atoms with Gasteiger partial charge in [0, 0.05) is 18.3 Å². The highest BCUT2D eigenvalue weighted by Gasteiger charge is 2.16. The first-order valence-corrected chi connectivity index (χ1v) is 7.56. The Morgan fingerprint density at radius 2 is 2.21 bits per heavy atom. The molecule has 2 heterocycles. The summed E-state index contributed by atoms with van der Waals surface area (Å²) in [5.74, 6) is 0.589. The van der Waals surface area contributed by atoms with E-state index >= 15 is 0 Å². The van der Waals surface area contributed by atoms with Crippen LogP contribution < -0.4 is 0 Å². The van der Waals surface area contributed by atoms with Gasteiger partial charge in [-0.1, -0.05) is 37.0 Å². The number of carbonyl (C=O) groups excluding carboxylic acids is 1. The van der Waals surface area contributed by atoms with Crippen LogP contribution in [0.3, 0.4) is 0 Å². The van der Waals surface area contributed by atoms with Crippen LogP contribution >= 0.6 is 34.5 Å². The fourth-order valence-electron chi connectivity index (χ4n) is 1.74. The first kappa shape index (κ1) is 14.6. The van der Waals surface area contributed by atoms with Gasteiger partial charge in [-0.05, 0) is 18.4 Å². The number of aromatic nitrogens is 2. The van der Waals surface area contributed by atoms with Crippen LogP contribution in [0.25, 0.3) is 11.3 Å². The molecule has 0 amide bonds. The molecule has 0 aliphatic heterocycles. The van der Waals surface area contributed by atoms with E-state index in [2.05, 4.69) is 18.9 Å². The average molecular weight is 317 g/mol. The SMILES string of the molecule is CC(C)CCn1cc(C=O)c(-c2cc(Cl)sc2Cl)n1. The molecule has 19 heavy (non-hydrogen) atoms. The number of nitrogens with zero attached hydrogens (tertiary/aromatic N) is 2. The minimum atomic E-state index is 0.542. The normalized spacial score (nSPS) is 11.2. The third-order valence-electron chi connectivity index (χ3n) is 2.76. The van der Waals surface area contributed by atoms with Crippen molar-refractivity contribution >= 4 is 40.8 Å². The summed E-state index contributed by atoms with van der Waals surface area (Å²) in [5, 5.41) is 4.45. The van der Waals surface area contributed by atoms with Gasteiger partial charge in [0.1, 0.15) is 10.0 Å². The summed E-state index contributed by atoms with van der Waals surface area (Å²) in [4.78, 5) is 11.1. The number of halogens is 2. The molecule has 0 saturated heterocycles. The zero-order valence-corrected chi connectivity index (χ0v) is 13.0. The molecule has 0 bridgehead atoms. The molecule has 0 fully saturated rings. The molecule has 0 aliphatic rings. The van der Waals surface area contributed by atoms with Crippen LogP contribution in [0.5, 0.6) is 0 Å². The topological polar surface area (TPSA) is 34.9 Å². The zero-order valence-electron chi connectivity index (χ0n) is 10.7. The van der Waals surface area contributed by atoms with E-state index in [0.717, 1.165) is 24.8 Å². The average Bonchev–Trinajstić information content (AvgIpc) is 2.89. The van der Waals surface area contributed by atoms with Gasteiger partial charge in [-0.15, -0.1) is 11.3 Å². The second-order valence-electron chi connectivity index (χ2n) is 4.73. The minimum absolute atomic E-state index is 0.542. The highest BCUT2D eigenvalue weighted by atomic mass is 35.5. The van der Waals surface area contributed by atoms with E-state index in [9.17, 15) is 4.79 Å². The third kappa shape index (κ3) is 3.38. The number of hydrogen-bond donors (Lipinski definition) is 0. The number of carbonyl (C=O) groups is 1. The van der Waals surface area contributed by atoms with Gasteiger partial charge < -0.3 is 0 Å². The summed E-state index contributed by atoms with van der Waals surface area (Å²) in [6.45, 7) is 5.09. The predicted molar refractivity (Wildman–Crippen MR) is 80.4 cm³/mol. The second kappa shape index (κ2) is 6.07. The molecular formula is C13H14Cl2N2OS. The van der Waals surface area contributed by atoms with Crippen molar-refractivity contribution in [2.75, 3.05) is 0 Å². The number of aldehydes is 1. The fraction of sp³-hybridized carbons (Fsp3) is 0.385. The zero-order chi connectivity index (χ0) is 14.0. The van der Waals surface area contributed by atoms with E-state index in [0.29, 0.717) is 25.8 Å². The Labute approximate surface area is 126 Å². The summed E-state index contributed by atoms with van der Waals surface area (Å²) in [5.41, 5.74) is 1.87. The lowest BCUT2D eigenvalue weighted by atomic mass is 10.1. The summed E-state index contributed by atoms with van der Waals surface area (Å²) >= 11 is 13.3. The molecule has 0 aliphatic carbocycles. The Morgan fingerprint density at radius 3 is 2.74 bits per heavy atom. The van der Waals surface area contributed by atoms with Crippen LogP contribution in [0.2, 0.25) is 8.67 Å². The number of rotatable bonds is 5. The van der Waals surface area contributed by atoms with Crippen molar-refractivity contribution in [1.29, 1.82) is 0 Å². The lowest BCUT2D eigenvalue weighted by molar-refractivity contribution is 0.112. The molecule has 0 unspecified atom stereocenters. The van der Waals surface area contributed by atoms with E-state index in [1.165, 1.54) is 11.3 Å². The first-order chi connectivity index (χ1) is 9.01. The molecule has 0 N–H and O–H groups in total. The molecule has 0 atom stereocenters. The number of hydrogen-bond acceptors (Lipinski definition) is 3. The second-order valence-corrected chi connectivity index (χ2v) is 7.02. The molecule has 2 aromatic heterocycles. The minimum Gasteiger partial charge on any atom is -0.298 e. The van der Waals surface area contributed by atoms with E-state index in [-0.39, 0.29) is 0 Å². The van der Waals surface area contributed by atoms with Crippen LogP contribution in [-0.2, 0) is 6.54 Å². The molecule has 6 heteroatoms. The quantitative estimate of drug-likeness (QED) is 0.744. The van der Waals surface area contributed by atoms with Crippen LogP contribution in [0, 0.1) is 5.92 Å². The largest absolute Gasteiger partial charge is 0.298 e. The third-order valence-corrected chi connectivity index (χ3v) is 4.25. The van der Waals surface area contributed by atoms with Crippen molar-refractivity contribution in [3.63, 3.8) is 0 Å². The molecule has 2 aromatic rings. The molecule has 0 radical (unpaired) electrons. The van der Waals surface area contributed by atoms with Crippen molar-refractivity contribution in [2.24, 2.45) is 5.92 Å². The molecule has 0 saturated carbocycles. The summed E-state index contributed by atoms with van der Waals surface area (Å²) in [7, 11) is 0. The molecule has 102 valence electrons. The van der Waals surface area contributed by atoms with Gasteiger partial charge in [-0.2, -0.15) is 5.10 Å². The van der Waals surface area contributed by atoms with Gasteiger partial charge in [0.05, 0.1) is 9.90 Å².